The summed E-state index contributed by atoms with van der Waals surface area (Å²) in [4.78, 5) is 9.39. The molecule has 2 aliphatic heterocycles. The highest BCUT2D eigenvalue weighted by atomic mass is 32.2. The fraction of sp³-hybridized carbons (Fsp3) is 0.941. The molecule has 1 atom stereocenters. The van der Waals surface area contributed by atoms with Crippen LogP contribution in [0.1, 0.15) is 32.6 Å². The molecule has 0 amide bonds. The van der Waals surface area contributed by atoms with E-state index in [1.807, 2.05) is 7.05 Å². The fourth-order valence-corrected chi connectivity index (χ4v) is 4.54. The van der Waals surface area contributed by atoms with Crippen LogP contribution in [0, 0.1) is 0 Å². The molecule has 0 aromatic heterocycles. The van der Waals surface area contributed by atoms with Gasteiger partial charge in [-0.1, -0.05) is 0 Å². The molecule has 2 fully saturated rings. The summed E-state index contributed by atoms with van der Waals surface area (Å²) in [5.74, 6) is 2.25. The SMILES string of the molecule is CN=C(NCCCN1CCCN(C)CC1)NCC1(C)CCCS1. The van der Waals surface area contributed by atoms with Crippen molar-refractivity contribution in [2.45, 2.75) is 37.4 Å². The van der Waals surface area contributed by atoms with Crippen molar-refractivity contribution < 1.29 is 0 Å². The van der Waals surface area contributed by atoms with E-state index in [4.69, 9.17) is 0 Å². The molecule has 0 saturated carbocycles. The van der Waals surface area contributed by atoms with Crippen molar-refractivity contribution in [3.63, 3.8) is 0 Å². The Hall–Kier alpha value is -0.460. The molecule has 0 aromatic carbocycles. The minimum Gasteiger partial charge on any atom is -0.356 e. The van der Waals surface area contributed by atoms with Gasteiger partial charge in [-0.05, 0) is 65.0 Å². The summed E-state index contributed by atoms with van der Waals surface area (Å²) < 4.78 is 0.385. The van der Waals surface area contributed by atoms with E-state index >= 15 is 0 Å². The first-order chi connectivity index (χ1) is 11.1. The Kier molecular flexibility index (Phi) is 7.99. The van der Waals surface area contributed by atoms with E-state index in [9.17, 15) is 0 Å². The molecule has 0 spiro atoms. The van der Waals surface area contributed by atoms with Crippen molar-refractivity contribution in [2.24, 2.45) is 4.99 Å². The molecule has 1 unspecified atom stereocenters. The molecule has 0 aromatic rings. The molecule has 2 N–H and O–H groups in total. The van der Waals surface area contributed by atoms with Gasteiger partial charge in [0.1, 0.15) is 0 Å². The first kappa shape index (κ1) is 18.9. The lowest BCUT2D eigenvalue weighted by Gasteiger charge is -2.24. The maximum atomic E-state index is 4.35. The number of likely N-dealkylation sites (N-methyl/N-ethyl adjacent to an activating group) is 1. The van der Waals surface area contributed by atoms with Gasteiger partial charge in [-0.3, -0.25) is 4.99 Å². The lowest BCUT2D eigenvalue weighted by molar-refractivity contribution is 0.274. The third-order valence-corrected chi connectivity index (χ3v) is 6.45. The average Bonchev–Trinajstić information content (AvgIpc) is 2.87. The van der Waals surface area contributed by atoms with Gasteiger partial charge < -0.3 is 20.4 Å². The van der Waals surface area contributed by atoms with Crippen LogP contribution in [-0.4, -0.2) is 86.2 Å². The monoisotopic (exact) mass is 341 g/mol. The zero-order valence-electron chi connectivity index (χ0n) is 15.2. The third-order valence-electron chi connectivity index (χ3n) is 4.91. The van der Waals surface area contributed by atoms with Gasteiger partial charge >= 0.3 is 0 Å². The second kappa shape index (κ2) is 9.74. The maximum Gasteiger partial charge on any atom is 0.191 e. The minimum atomic E-state index is 0.385. The summed E-state index contributed by atoms with van der Waals surface area (Å²) >= 11 is 2.09. The number of nitrogens with zero attached hydrogens (tertiary/aromatic N) is 3. The third kappa shape index (κ3) is 6.89. The average molecular weight is 342 g/mol. The molecular weight excluding hydrogens is 306 g/mol. The topological polar surface area (TPSA) is 42.9 Å². The summed E-state index contributed by atoms with van der Waals surface area (Å²) in [6.07, 6.45) is 5.13. The molecule has 2 aliphatic rings. The maximum absolute atomic E-state index is 4.35. The largest absolute Gasteiger partial charge is 0.356 e. The Morgan fingerprint density at radius 1 is 1.17 bits per heavy atom. The lowest BCUT2D eigenvalue weighted by atomic mass is 10.1. The van der Waals surface area contributed by atoms with Crippen LogP contribution in [0.5, 0.6) is 0 Å². The van der Waals surface area contributed by atoms with Gasteiger partial charge in [0, 0.05) is 38.0 Å². The predicted molar refractivity (Wildman–Crippen MR) is 103 cm³/mol. The number of thioether (sulfide) groups is 1. The van der Waals surface area contributed by atoms with E-state index in [-0.39, 0.29) is 0 Å². The van der Waals surface area contributed by atoms with Crippen LogP contribution in [0.3, 0.4) is 0 Å². The first-order valence-corrected chi connectivity index (χ1v) is 10.1. The van der Waals surface area contributed by atoms with Gasteiger partial charge in [-0.15, -0.1) is 0 Å². The smallest absolute Gasteiger partial charge is 0.191 e. The van der Waals surface area contributed by atoms with Crippen LogP contribution in [-0.2, 0) is 0 Å². The second-order valence-corrected chi connectivity index (χ2v) is 8.79. The van der Waals surface area contributed by atoms with Crippen LogP contribution >= 0.6 is 11.8 Å². The zero-order chi connectivity index (χ0) is 16.5. The summed E-state index contributed by atoms with van der Waals surface area (Å²) in [6.45, 7) is 10.4. The highest BCUT2D eigenvalue weighted by Crippen LogP contribution is 2.36. The number of rotatable bonds is 6. The van der Waals surface area contributed by atoms with Crippen LogP contribution in [0.25, 0.3) is 0 Å². The standard InChI is InChI=1S/C17H35N5S/c1-17(7-4-14-23-17)15-20-16(18-2)19-8-5-10-22-11-6-9-21(3)12-13-22/h4-15H2,1-3H3,(H2,18,19,20). The number of hydrogen-bond donors (Lipinski definition) is 2. The summed E-state index contributed by atoms with van der Waals surface area (Å²) in [7, 11) is 4.09. The highest BCUT2D eigenvalue weighted by molar-refractivity contribution is 8.00. The van der Waals surface area contributed by atoms with E-state index in [1.165, 1.54) is 64.2 Å². The Labute approximate surface area is 146 Å². The number of aliphatic imine (C=N–C) groups is 1. The van der Waals surface area contributed by atoms with Crippen LogP contribution < -0.4 is 10.6 Å². The number of guanidine groups is 1. The van der Waals surface area contributed by atoms with Gasteiger partial charge in [0.05, 0.1) is 0 Å². The van der Waals surface area contributed by atoms with Crippen molar-refractivity contribution in [3.8, 4) is 0 Å². The van der Waals surface area contributed by atoms with E-state index < -0.39 is 0 Å². The molecule has 2 saturated heterocycles. The van der Waals surface area contributed by atoms with Gasteiger partial charge in [0.25, 0.3) is 0 Å². The zero-order valence-corrected chi connectivity index (χ0v) is 16.1. The van der Waals surface area contributed by atoms with Gasteiger partial charge in [0.15, 0.2) is 5.96 Å². The Balaban J connectivity index is 1.58. The van der Waals surface area contributed by atoms with Crippen LogP contribution in [0.4, 0.5) is 0 Å². The molecule has 0 aliphatic carbocycles. The normalized spacial score (nSPS) is 27.9. The Bertz CT molecular complexity index is 368. The molecule has 0 radical (unpaired) electrons. The van der Waals surface area contributed by atoms with E-state index in [0.29, 0.717) is 4.75 Å². The van der Waals surface area contributed by atoms with Crippen molar-refractivity contribution >= 4 is 17.7 Å². The first-order valence-electron chi connectivity index (χ1n) is 9.11. The predicted octanol–water partition coefficient (Wildman–Crippen LogP) is 1.46. The summed E-state index contributed by atoms with van der Waals surface area (Å²) in [5.41, 5.74) is 0. The summed E-state index contributed by atoms with van der Waals surface area (Å²) in [5, 5.41) is 6.97. The molecule has 0 bridgehead atoms. The highest BCUT2D eigenvalue weighted by Gasteiger charge is 2.29. The fourth-order valence-electron chi connectivity index (χ4n) is 3.30. The van der Waals surface area contributed by atoms with Gasteiger partial charge in [0.2, 0.25) is 0 Å². The molecule has 5 nitrogen and oxygen atoms in total. The summed E-state index contributed by atoms with van der Waals surface area (Å²) in [6, 6.07) is 0. The minimum absolute atomic E-state index is 0.385. The Morgan fingerprint density at radius 3 is 2.78 bits per heavy atom. The van der Waals surface area contributed by atoms with Crippen molar-refractivity contribution in [1.82, 2.24) is 20.4 Å². The van der Waals surface area contributed by atoms with Crippen LogP contribution in [0.2, 0.25) is 0 Å². The van der Waals surface area contributed by atoms with E-state index in [1.54, 1.807) is 0 Å². The molecular formula is C17H35N5S. The molecule has 23 heavy (non-hydrogen) atoms. The van der Waals surface area contributed by atoms with E-state index in [0.717, 1.165) is 19.0 Å². The molecule has 6 heteroatoms. The quantitative estimate of drug-likeness (QED) is 0.435. The lowest BCUT2D eigenvalue weighted by Crippen LogP contribution is -2.44. The molecule has 2 rings (SSSR count). The molecule has 2 heterocycles. The van der Waals surface area contributed by atoms with Crippen molar-refractivity contribution in [1.29, 1.82) is 0 Å². The van der Waals surface area contributed by atoms with Crippen molar-refractivity contribution in [3.05, 3.63) is 0 Å². The molecule has 134 valence electrons. The van der Waals surface area contributed by atoms with E-state index in [2.05, 4.69) is 51.2 Å². The van der Waals surface area contributed by atoms with Gasteiger partial charge in [-0.25, -0.2) is 0 Å². The Morgan fingerprint density at radius 2 is 2.04 bits per heavy atom. The number of nitrogens with one attached hydrogen (secondary N) is 2. The van der Waals surface area contributed by atoms with Crippen molar-refractivity contribution in [2.75, 3.05) is 65.7 Å². The van der Waals surface area contributed by atoms with Gasteiger partial charge in [-0.2, -0.15) is 11.8 Å². The number of hydrogen-bond acceptors (Lipinski definition) is 4. The van der Waals surface area contributed by atoms with Crippen LogP contribution in [0.15, 0.2) is 4.99 Å². The second-order valence-electron chi connectivity index (χ2n) is 7.11.